The van der Waals surface area contributed by atoms with Gasteiger partial charge in [-0.3, -0.25) is 9.80 Å². The van der Waals surface area contributed by atoms with Gasteiger partial charge in [0.1, 0.15) is 23.3 Å². The molecule has 11 heteroatoms. The largest absolute Gasteiger partial charge is 0.390 e. The van der Waals surface area contributed by atoms with Gasteiger partial charge in [-0.15, -0.1) is 0 Å². The second kappa shape index (κ2) is 16.5. The summed E-state index contributed by atoms with van der Waals surface area (Å²) in [6.07, 6.45) is -0.610. The molecule has 4 atom stereocenters. The van der Waals surface area contributed by atoms with Crippen LogP contribution in [0.5, 0.6) is 0 Å². The maximum absolute atomic E-state index is 12.3. The zero-order valence-corrected chi connectivity index (χ0v) is 35.3. The highest BCUT2D eigenvalue weighted by atomic mass is 16.3. The van der Waals surface area contributed by atoms with Crippen molar-refractivity contribution in [2.45, 2.75) is 85.7 Å². The van der Waals surface area contributed by atoms with Gasteiger partial charge in [0.25, 0.3) is 0 Å². The summed E-state index contributed by atoms with van der Waals surface area (Å²) in [6.45, 7) is 21.5. The Hall–Kier alpha value is -5.36. The van der Waals surface area contributed by atoms with E-state index >= 15 is 0 Å². The van der Waals surface area contributed by atoms with Gasteiger partial charge in [-0.2, -0.15) is 0 Å². The van der Waals surface area contributed by atoms with Crippen LogP contribution in [-0.2, 0) is 0 Å². The van der Waals surface area contributed by atoms with Crippen molar-refractivity contribution in [2.24, 2.45) is 0 Å². The average molecular weight is 779 g/mol. The number of aliphatic hydroxyl groups is 1. The van der Waals surface area contributed by atoms with E-state index in [9.17, 15) is 5.11 Å². The van der Waals surface area contributed by atoms with Crippen molar-refractivity contribution in [1.82, 2.24) is 48.0 Å². The molecule has 0 saturated carbocycles. The first kappa shape index (κ1) is 39.5. The Morgan fingerprint density at radius 2 is 0.621 bits per heavy atom. The highest BCUT2D eigenvalue weighted by molar-refractivity contribution is 5.78. The molecule has 0 aliphatic rings. The van der Waals surface area contributed by atoms with E-state index in [1.165, 1.54) is 0 Å². The predicted octanol–water partition coefficient (Wildman–Crippen LogP) is 8.63. The maximum atomic E-state index is 12.3. The van der Waals surface area contributed by atoms with Crippen molar-refractivity contribution < 1.29 is 5.11 Å². The normalized spacial score (nSPS) is 15.0. The summed E-state index contributed by atoms with van der Waals surface area (Å²) in [5.74, 6) is 3.99. The van der Waals surface area contributed by atoms with E-state index < -0.39 is 6.10 Å². The van der Waals surface area contributed by atoms with Gasteiger partial charge in [0.15, 0.2) is 0 Å². The lowest BCUT2D eigenvalue weighted by Crippen LogP contribution is -2.45. The third-order valence-electron chi connectivity index (χ3n) is 11.9. The van der Waals surface area contributed by atoms with Crippen molar-refractivity contribution in [1.29, 1.82) is 0 Å². The molecular weight excluding hydrogens is 721 g/mol. The number of fused-ring (bicyclic) bond motifs is 4. The fourth-order valence-corrected chi connectivity index (χ4v) is 9.81. The number of aliphatic hydroxyl groups excluding tert-OH is 1. The lowest BCUT2D eigenvalue weighted by molar-refractivity contribution is 0.0573. The van der Waals surface area contributed by atoms with Crippen molar-refractivity contribution >= 4 is 44.1 Å². The Bertz CT molecular complexity index is 2310. The van der Waals surface area contributed by atoms with Crippen LogP contribution < -0.4 is 0 Å². The second-order valence-corrected chi connectivity index (χ2v) is 16.6. The molecule has 0 fully saturated rings. The Morgan fingerprint density at radius 1 is 0.397 bits per heavy atom. The van der Waals surface area contributed by atoms with Gasteiger partial charge in [0, 0.05) is 63.4 Å². The molecule has 4 aromatic carbocycles. The lowest BCUT2D eigenvalue weighted by Gasteiger charge is -2.35. The summed E-state index contributed by atoms with van der Waals surface area (Å²) in [4.78, 5) is 24.5. The van der Waals surface area contributed by atoms with Crippen molar-refractivity contribution in [3.8, 4) is 0 Å². The first-order valence-corrected chi connectivity index (χ1v) is 20.8. The number of aromatic nitrogens is 8. The molecule has 8 aromatic rings. The topological polar surface area (TPSA) is 98.0 Å². The maximum Gasteiger partial charge on any atom is 0.107 e. The van der Waals surface area contributed by atoms with Crippen molar-refractivity contribution in [2.75, 3.05) is 39.3 Å². The molecule has 0 aliphatic heterocycles. The molecule has 11 nitrogen and oxygen atoms in total. The third kappa shape index (κ3) is 7.78. The number of para-hydroxylation sites is 8. The number of nitrogens with zero attached hydrogens (tertiary/aromatic N) is 10. The van der Waals surface area contributed by atoms with Crippen LogP contribution in [0.15, 0.2) is 97.1 Å². The van der Waals surface area contributed by atoms with E-state index in [2.05, 4.69) is 156 Å². The van der Waals surface area contributed by atoms with Crippen LogP contribution in [-0.4, -0.2) is 98.5 Å². The average Bonchev–Trinajstić information content (AvgIpc) is 3.91. The van der Waals surface area contributed by atoms with Gasteiger partial charge in [-0.25, -0.2) is 19.9 Å². The number of imidazole rings is 4. The number of aryl methyl sites for hydroxylation is 4. The van der Waals surface area contributed by atoms with Gasteiger partial charge in [0.05, 0.1) is 50.2 Å². The molecular formula is C47H58N10O. The smallest absolute Gasteiger partial charge is 0.107 e. The molecule has 0 spiro atoms. The molecule has 8 rings (SSSR count). The summed E-state index contributed by atoms with van der Waals surface area (Å²) >= 11 is 0. The summed E-state index contributed by atoms with van der Waals surface area (Å²) in [5, 5.41) is 12.3. The number of hydrogen-bond donors (Lipinski definition) is 1. The Morgan fingerprint density at radius 3 is 0.862 bits per heavy atom. The molecule has 302 valence electrons. The monoisotopic (exact) mass is 778 g/mol. The van der Waals surface area contributed by atoms with Gasteiger partial charge < -0.3 is 23.4 Å². The van der Waals surface area contributed by atoms with Gasteiger partial charge in [-0.05, 0) is 104 Å². The summed E-state index contributed by atoms with van der Waals surface area (Å²) in [5.41, 5.74) is 8.57. The van der Waals surface area contributed by atoms with Crippen LogP contribution in [0.25, 0.3) is 44.1 Å². The molecule has 4 unspecified atom stereocenters. The van der Waals surface area contributed by atoms with Crippen LogP contribution in [0, 0.1) is 27.7 Å². The molecule has 0 aliphatic carbocycles. The highest BCUT2D eigenvalue weighted by Crippen LogP contribution is 2.27. The first-order valence-electron chi connectivity index (χ1n) is 20.8. The summed E-state index contributed by atoms with van der Waals surface area (Å²) in [7, 11) is 0. The zero-order chi connectivity index (χ0) is 40.7. The minimum Gasteiger partial charge on any atom is -0.390 e. The van der Waals surface area contributed by atoms with E-state index in [1.807, 2.05) is 24.3 Å². The van der Waals surface area contributed by atoms with Crippen LogP contribution >= 0.6 is 0 Å². The van der Waals surface area contributed by atoms with E-state index in [0.29, 0.717) is 13.1 Å². The SMILES string of the molecule is Cc1nc2ccccc2n1C(C)CN(CC(O)CN(CC(C)n1c(C)nc2ccccc21)CC(C)n1c(C)nc2ccccc21)CC(C)n1c(C)nc2ccccc21. The van der Waals surface area contributed by atoms with E-state index in [4.69, 9.17) is 19.9 Å². The molecule has 0 saturated heterocycles. The van der Waals surface area contributed by atoms with Crippen molar-refractivity contribution in [3.05, 3.63) is 120 Å². The molecule has 58 heavy (non-hydrogen) atoms. The lowest BCUT2D eigenvalue weighted by atomic mass is 10.1. The number of rotatable bonds is 16. The molecule has 4 heterocycles. The second-order valence-electron chi connectivity index (χ2n) is 16.6. The van der Waals surface area contributed by atoms with E-state index in [1.54, 1.807) is 0 Å². The molecule has 1 N–H and O–H groups in total. The number of hydrogen-bond acceptors (Lipinski definition) is 7. The minimum absolute atomic E-state index is 0.124. The standard InChI is InChI=1S/C47H58N10O/c1-31(54-35(5)48-40-17-9-13-21-44(40)54)25-52(26-32(2)55-36(6)49-41-18-10-14-22-45(41)55)29-39(58)30-53(27-33(3)56-37(7)50-42-19-11-15-23-46(42)56)28-34(4)57-38(8)51-43-20-12-16-24-47(43)57/h9-24,31-34,39,58H,25-30H2,1-8H3. The zero-order valence-electron chi connectivity index (χ0n) is 35.3. The number of benzene rings is 4. The first-order chi connectivity index (χ1) is 28.0. The van der Waals surface area contributed by atoms with E-state index in [-0.39, 0.29) is 24.2 Å². The highest BCUT2D eigenvalue weighted by Gasteiger charge is 2.26. The molecule has 0 amide bonds. The summed E-state index contributed by atoms with van der Waals surface area (Å²) < 4.78 is 9.40. The van der Waals surface area contributed by atoms with Crippen LogP contribution in [0.3, 0.4) is 0 Å². The Labute approximate surface area is 341 Å². The van der Waals surface area contributed by atoms with Crippen LogP contribution in [0.4, 0.5) is 0 Å². The van der Waals surface area contributed by atoms with Gasteiger partial charge >= 0.3 is 0 Å². The minimum atomic E-state index is -0.610. The van der Waals surface area contributed by atoms with Crippen molar-refractivity contribution in [3.63, 3.8) is 0 Å². The molecule has 0 bridgehead atoms. The predicted molar refractivity (Wildman–Crippen MR) is 236 cm³/mol. The van der Waals surface area contributed by atoms with Crippen LogP contribution in [0.1, 0.15) is 75.2 Å². The molecule has 0 radical (unpaired) electrons. The quantitative estimate of drug-likeness (QED) is 0.105. The van der Waals surface area contributed by atoms with Gasteiger partial charge in [-0.1, -0.05) is 48.5 Å². The summed E-state index contributed by atoms with van der Waals surface area (Å²) in [6, 6.07) is 34.0. The third-order valence-corrected chi connectivity index (χ3v) is 11.9. The fourth-order valence-electron chi connectivity index (χ4n) is 9.81. The van der Waals surface area contributed by atoms with Gasteiger partial charge in [0.2, 0.25) is 0 Å². The Kier molecular flexibility index (Phi) is 11.2. The Balaban J connectivity index is 1.09. The van der Waals surface area contributed by atoms with E-state index in [0.717, 1.165) is 93.6 Å². The molecule has 4 aromatic heterocycles. The fraction of sp³-hybridized carbons (Fsp3) is 0.404. The van der Waals surface area contributed by atoms with Crippen LogP contribution in [0.2, 0.25) is 0 Å².